The first-order valence-electron chi connectivity index (χ1n) is 15.9. The average Bonchev–Trinajstić information content (AvgIpc) is 3.06. The zero-order valence-electron chi connectivity index (χ0n) is 26.2. The van der Waals surface area contributed by atoms with Gasteiger partial charge in [-0.15, -0.1) is 0 Å². The van der Waals surface area contributed by atoms with E-state index >= 15 is 8.78 Å². The molecule has 3 aromatic carbocycles. The number of carbonyl (C=O) groups excluding carboxylic acids is 1. The molecule has 6 rings (SSSR count). The van der Waals surface area contributed by atoms with Gasteiger partial charge >= 0.3 is 0 Å². The Morgan fingerprint density at radius 1 is 0.889 bits per heavy atom. The van der Waals surface area contributed by atoms with E-state index in [1.54, 1.807) is 12.0 Å². The summed E-state index contributed by atoms with van der Waals surface area (Å²) < 4.78 is 35.9. The van der Waals surface area contributed by atoms with Gasteiger partial charge in [-0.25, -0.2) is 8.78 Å². The molecule has 0 N–H and O–H groups in total. The number of anilines is 2. The van der Waals surface area contributed by atoms with Gasteiger partial charge in [-0.1, -0.05) is 54.3 Å². The van der Waals surface area contributed by atoms with Crippen molar-refractivity contribution in [2.45, 2.75) is 57.0 Å². The number of hydrogen-bond donors (Lipinski definition) is 0. The Labute approximate surface area is 265 Å². The van der Waals surface area contributed by atoms with Gasteiger partial charge in [0.1, 0.15) is 5.75 Å². The maximum absolute atomic E-state index is 15.3. The van der Waals surface area contributed by atoms with Gasteiger partial charge in [-0.05, 0) is 80.3 Å². The molecule has 0 bridgehead atoms. The molecular formula is C37H42F2N4O2. The molecule has 3 aliphatic rings. The van der Waals surface area contributed by atoms with E-state index in [9.17, 15) is 4.79 Å². The Hall–Kier alpha value is -4.13. The number of halogens is 2. The molecule has 1 atom stereocenters. The molecule has 1 amide bonds. The van der Waals surface area contributed by atoms with Crippen LogP contribution in [0.4, 0.5) is 20.2 Å². The van der Waals surface area contributed by atoms with Gasteiger partial charge in [0.05, 0.1) is 26.1 Å². The number of benzene rings is 3. The van der Waals surface area contributed by atoms with E-state index in [1.807, 2.05) is 60.4 Å². The summed E-state index contributed by atoms with van der Waals surface area (Å²) in [4.78, 5) is 21.1. The summed E-state index contributed by atoms with van der Waals surface area (Å²) in [5.74, 6) is -1.97. The number of alkyl halides is 2. The van der Waals surface area contributed by atoms with Crippen molar-refractivity contribution in [3.05, 3.63) is 108 Å². The van der Waals surface area contributed by atoms with Crippen LogP contribution in [0.15, 0.2) is 90.9 Å². The standard InChI is InChI=1S/C37H42F2N4O2/c1-4-35-42(24-20-36(44)43(35)25-28-7-15-33(45-3)16-8-28)32-13-11-30(12-14-32)40-21-17-31(18-22-40)41-23-19-34(37(38,39)26-41)29-9-5-27(2)6-10-29/h5-16,31,34H,1,17-26H2,2-3H3. The fourth-order valence-corrected chi connectivity index (χ4v) is 7.05. The first kappa shape index (κ1) is 30.9. The summed E-state index contributed by atoms with van der Waals surface area (Å²) in [7, 11) is 1.63. The van der Waals surface area contributed by atoms with Gasteiger partial charge in [0.25, 0.3) is 5.92 Å². The van der Waals surface area contributed by atoms with E-state index in [0.29, 0.717) is 38.3 Å². The van der Waals surface area contributed by atoms with Crippen molar-refractivity contribution in [3.63, 3.8) is 0 Å². The lowest BCUT2D eigenvalue weighted by atomic mass is 9.84. The van der Waals surface area contributed by atoms with Gasteiger partial charge < -0.3 is 14.5 Å². The highest BCUT2D eigenvalue weighted by atomic mass is 19.3. The fraction of sp³-hybridized carbons (Fsp3) is 0.405. The Morgan fingerprint density at radius 3 is 2.18 bits per heavy atom. The second kappa shape index (κ2) is 13.1. The smallest absolute Gasteiger partial charge is 0.267 e. The number of carbonyl (C=O) groups is 1. The van der Waals surface area contributed by atoms with Crippen LogP contribution in [0.1, 0.15) is 48.3 Å². The Bertz CT molecular complexity index is 1530. The van der Waals surface area contributed by atoms with Crippen molar-refractivity contribution in [3.8, 4) is 5.75 Å². The van der Waals surface area contributed by atoms with Gasteiger partial charge in [0, 0.05) is 43.5 Å². The summed E-state index contributed by atoms with van der Waals surface area (Å²) in [5, 5.41) is 0. The Morgan fingerprint density at radius 2 is 1.56 bits per heavy atom. The lowest BCUT2D eigenvalue weighted by molar-refractivity contribution is -0.130. The molecule has 0 saturated carbocycles. The monoisotopic (exact) mass is 612 g/mol. The van der Waals surface area contributed by atoms with Crippen molar-refractivity contribution in [1.82, 2.24) is 9.80 Å². The third-order valence-corrected chi connectivity index (χ3v) is 9.64. The zero-order valence-corrected chi connectivity index (χ0v) is 26.2. The Balaban J connectivity index is 1.06. The number of methoxy groups -OCH3 is 1. The van der Waals surface area contributed by atoms with Gasteiger partial charge in [-0.3, -0.25) is 14.6 Å². The van der Waals surface area contributed by atoms with Crippen LogP contribution in [-0.4, -0.2) is 67.5 Å². The largest absolute Gasteiger partial charge is 0.497 e. The minimum Gasteiger partial charge on any atom is -0.497 e. The molecule has 3 saturated heterocycles. The van der Waals surface area contributed by atoms with Crippen LogP contribution in [0.5, 0.6) is 5.75 Å². The molecule has 1 unspecified atom stereocenters. The van der Waals surface area contributed by atoms with Crippen molar-refractivity contribution in [1.29, 1.82) is 0 Å². The van der Waals surface area contributed by atoms with Crippen molar-refractivity contribution < 1.29 is 18.3 Å². The van der Waals surface area contributed by atoms with E-state index in [1.165, 1.54) is 0 Å². The number of hydrogen-bond acceptors (Lipinski definition) is 5. The third kappa shape index (κ3) is 6.63. The highest BCUT2D eigenvalue weighted by molar-refractivity contribution is 5.82. The predicted molar refractivity (Wildman–Crippen MR) is 175 cm³/mol. The van der Waals surface area contributed by atoms with E-state index in [2.05, 4.69) is 46.4 Å². The number of piperidine rings is 2. The van der Waals surface area contributed by atoms with Crippen molar-refractivity contribution in [2.75, 3.05) is 49.6 Å². The van der Waals surface area contributed by atoms with Crippen LogP contribution in [0.25, 0.3) is 0 Å². The highest BCUT2D eigenvalue weighted by Gasteiger charge is 2.46. The predicted octanol–water partition coefficient (Wildman–Crippen LogP) is 6.96. The number of likely N-dealkylation sites (tertiary alicyclic amines) is 1. The molecule has 0 aromatic heterocycles. The molecule has 3 aromatic rings. The van der Waals surface area contributed by atoms with E-state index < -0.39 is 11.8 Å². The molecule has 0 spiro atoms. The fourth-order valence-electron chi connectivity index (χ4n) is 7.05. The summed E-state index contributed by atoms with van der Waals surface area (Å²) in [6.07, 6.45) is 2.62. The van der Waals surface area contributed by atoms with Gasteiger partial charge in [0.15, 0.2) is 5.82 Å². The molecule has 45 heavy (non-hydrogen) atoms. The molecule has 0 aliphatic carbocycles. The van der Waals surface area contributed by atoms with Crippen LogP contribution >= 0.6 is 0 Å². The van der Waals surface area contributed by atoms with E-state index in [-0.39, 0.29) is 18.5 Å². The summed E-state index contributed by atoms with van der Waals surface area (Å²) in [6, 6.07) is 23.9. The number of amides is 1. The first-order chi connectivity index (χ1) is 21.8. The van der Waals surface area contributed by atoms with Crippen LogP contribution < -0.4 is 14.5 Å². The molecule has 236 valence electrons. The van der Waals surface area contributed by atoms with Gasteiger partial charge in [-0.2, -0.15) is 0 Å². The van der Waals surface area contributed by atoms with Crippen molar-refractivity contribution in [2.24, 2.45) is 0 Å². The molecule has 3 fully saturated rings. The van der Waals surface area contributed by atoms with Crippen LogP contribution in [0.2, 0.25) is 0 Å². The lowest BCUT2D eigenvalue weighted by Crippen LogP contribution is -2.54. The Kier molecular flexibility index (Phi) is 8.97. The third-order valence-electron chi connectivity index (χ3n) is 9.64. The second-order valence-electron chi connectivity index (χ2n) is 12.4. The molecule has 3 heterocycles. The maximum Gasteiger partial charge on any atom is 0.267 e. The number of aryl methyl sites for hydroxylation is 1. The summed E-state index contributed by atoms with van der Waals surface area (Å²) in [5.41, 5.74) is 7.95. The normalized spacial score (nSPS) is 21.2. The first-order valence-corrected chi connectivity index (χ1v) is 15.9. The quantitative estimate of drug-likeness (QED) is 0.270. The highest BCUT2D eigenvalue weighted by Crippen LogP contribution is 2.42. The number of ether oxygens (including phenoxy) is 1. The number of rotatable bonds is 7. The maximum atomic E-state index is 15.3. The average molecular weight is 613 g/mol. The molecule has 0 radical (unpaired) electrons. The minimum atomic E-state index is -2.73. The molecule has 6 nitrogen and oxygen atoms in total. The van der Waals surface area contributed by atoms with Crippen LogP contribution in [0.3, 0.4) is 0 Å². The van der Waals surface area contributed by atoms with E-state index in [0.717, 1.165) is 59.7 Å². The second-order valence-corrected chi connectivity index (χ2v) is 12.4. The SMILES string of the molecule is C=C=C1N(Cc2ccc(OC)cc2)C(=O)CCN1c1ccc(N2CCC(N3CCC(c4ccc(C)cc4)C(F)(F)C3)CC2)cc1. The molecule has 3 aliphatic heterocycles. The lowest BCUT2D eigenvalue weighted by Gasteiger charge is -2.45. The molecule has 8 heteroatoms. The van der Waals surface area contributed by atoms with Crippen LogP contribution in [-0.2, 0) is 11.3 Å². The number of nitrogens with zero attached hydrogens (tertiary/aromatic N) is 4. The minimum absolute atomic E-state index is 0.0462. The zero-order chi connectivity index (χ0) is 31.6. The summed E-state index contributed by atoms with van der Waals surface area (Å²) >= 11 is 0. The molecular weight excluding hydrogens is 570 g/mol. The van der Waals surface area contributed by atoms with E-state index in [4.69, 9.17) is 4.74 Å². The summed E-state index contributed by atoms with van der Waals surface area (Å²) in [6.45, 7) is 9.09. The topological polar surface area (TPSA) is 39.3 Å². The van der Waals surface area contributed by atoms with Crippen molar-refractivity contribution >= 4 is 17.3 Å². The van der Waals surface area contributed by atoms with Crippen LogP contribution in [0, 0.1) is 6.92 Å². The van der Waals surface area contributed by atoms with Gasteiger partial charge in [0.2, 0.25) is 5.91 Å².